The van der Waals surface area contributed by atoms with Gasteiger partial charge in [-0.2, -0.15) is 0 Å². The molecule has 2 aromatic rings. The number of hydrogen-bond acceptors (Lipinski definition) is 2. The van der Waals surface area contributed by atoms with Crippen LogP contribution in [0.3, 0.4) is 0 Å². The molecule has 0 saturated carbocycles. The van der Waals surface area contributed by atoms with Gasteiger partial charge < -0.3 is 10.2 Å². The van der Waals surface area contributed by atoms with Crippen molar-refractivity contribution in [2.24, 2.45) is 0 Å². The Hall–Kier alpha value is -1.80. The van der Waals surface area contributed by atoms with Crippen LogP contribution < -0.4 is 10.2 Å². The Morgan fingerprint density at radius 3 is 2.29 bits per heavy atom. The Bertz CT molecular complexity index is 560. The Kier molecular flexibility index (Phi) is 5.40. The molecule has 21 heavy (non-hydrogen) atoms. The van der Waals surface area contributed by atoms with Gasteiger partial charge in [-0.25, -0.2) is 0 Å². The molecule has 0 aliphatic carbocycles. The Labute approximate surface area is 128 Å². The molecule has 0 fully saturated rings. The van der Waals surface area contributed by atoms with Gasteiger partial charge in [-0.15, -0.1) is 0 Å². The number of benzene rings is 2. The lowest BCUT2D eigenvalue weighted by Crippen LogP contribution is -2.25. The fraction of sp³-hybridized carbons (Fsp3) is 0.368. The topological polar surface area (TPSA) is 15.3 Å². The van der Waals surface area contributed by atoms with Gasteiger partial charge in [0.25, 0.3) is 0 Å². The van der Waals surface area contributed by atoms with Crippen molar-refractivity contribution in [3.63, 3.8) is 0 Å². The molecule has 2 rings (SSSR count). The highest BCUT2D eigenvalue weighted by Gasteiger charge is 2.11. The molecule has 2 nitrogen and oxygen atoms in total. The van der Waals surface area contributed by atoms with Crippen LogP contribution in [0.25, 0.3) is 0 Å². The van der Waals surface area contributed by atoms with Crippen molar-refractivity contribution >= 4 is 5.69 Å². The van der Waals surface area contributed by atoms with E-state index < -0.39 is 0 Å². The first kappa shape index (κ1) is 15.6. The molecule has 1 N–H and O–H groups in total. The lowest BCUT2D eigenvalue weighted by molar-refractivity contribution is 0.549. The van der Waals surface area contributed by atoms with Gasteiger partial charge in [0.15, 0.2) is 0 Å². The van der Waals surface area contributed by atoms with Gasteiger partial charge in [0.1, 0.15) is 0 Å². The molecule has 2 heteroatoms. The third-order valence-corrected chi connectivity index (χ3v) is 4.11. The number of nitrogens with one attached hydrogen (secondary N) is 1. The van der Waals surface area contributed by atoms with Crippen molar-refractivity contribution in [1.82, 2.24) is 5.32 Å². The summed E-state index contributed by atoms with van der Waals surface area (Å²) in [5.41, 5.74) is 5.32. The van der Waals surface area contributed by atoms with Gasteiger partial charge in [-0.1, -0.05) is 48.0 Å². The van der Waals surface area contributed by atoms with E-state index in [2.05, 4.69) is 79.6 Å². The molecule has 0 aliphatic heterocycles. The van der Waals surface area contributed by atoms with Crippen LogP contribution in [0.5, 0.6) is 0 Å². The van der Waals surface area contributed by atoms with Crippen molar-refractivity contribution in [2.75, 3.05) is 25.5 Å². The molecular formula is C19H26N2. The first-order valence-electron chi connectivity index (χ1n) is 7.62. The van der Waals surface area contributed by atoms with E-state index in [1.165, 1.54) is 22.4 Å². The minimum Gasteiger partial charge on any atom is -0.374 e. The van der Waals surface area contributed by atoms with Crippen molar-refractivity contribution in [1.29, 1.82) is 0 Å². The zero-order valence-electron chi connectivity index (χ0n) is 13.6. The second kappa shape index (κ2) is 7.28. The molecule has 2 aromatic carbocycles. The predicted octanol–water partition coefficient (Wildman–Crippen LogP) is 4.09. The van der Waals surface area contributed by atoms with E-state index in [-0.39, 0.29) is 0 Å². The van der Waals surface area contributed by atoms with E-state index in [1.807, 2.05) is 7.05 Å². The zero-order valence-corrected chi connectivity index (χ0v) is 13.6. The smallest absolute Gasteiger partial charge is 0.0393 e. The normalized spacial score (nSPS) is 12.2. The van der Waals surface area contributed by atoms with Crippen LogP contribution in [0, 0.1) is 13.8 Å². The maximum absolute atomic E-state index is 3.43. The molecule has 0 amide bonds. The van der Waals surface area contributed by atoms with E-state index in [0.29, 0.717) is 6.04 Å². The van der Waals surface area contributed by atoms with Crippen LogP contribution in [0.1, 0.15) is 29.2 Å². The molecular weight excluding hydrogens is 256 g/mol. The Balaban J connectivity index is 2.00. The molecule has 0 aromatic heterocycles. The van der Waals surface area contributed by atoms with E-state index in [0.717, 1.165) is 13.0 Å². The summed E-state index contributed by atoms with van der Waals surface area (Å²) in [5.74, 6) is 0. The van der Waals surface area contributed by atoms with Crippen molar-refractivity contribution in [2.45, 2.75) is 26.3 Å². The second-order valence-electron chi connectivity index (χ2n) is 5.75. The first-order chi connectivity index (χ1) is 10.1. The molecule has 0 saturated heterocycles. The average molecular weight is 282 g/mol. The van der Waals surface area contributed by atoms with E-state index in [1.54, 1.807) is 0 Å². The minimum absolute atomic E-state index is 0.400. The average Bonchev–Trinajstić information content (AvgIpc) is 2.49. The number of hydrogen-bond donors (Lipinski definition) is 1. The maximum atomic E-state index is 3.43. The van der Waals surface area contributed by atoms with Crippen LogP contribution in [-0.4, -0.2) is 20.6 Å². The number of rotatable bonds is 6. The minimum atomic E-state index is 0.400. The molecule has 0 radical (unpaired) electrons. The van der Waals surface area contributed by atoms with Crippen LogP contribution in [0.2, 0.25) is 0 Å². The molecule has 112 valence electrons. The zero-order chi connectivity index (χ0) is 15.2. The van der Waals surface area contributed by atoms with Crippen molar-refractivity contribution < 1.29 is 0 Å². The highest BCUT2D eigenvalue weighted by molar-refractivity contribution is 5.52. The number of anilines is 1. The summed E-state index contributed by atoms with van der Waals surface area (Å²) in [4.78, 5) is 2.34. The number of aryl methyl sites for hydroxylation is 2. The third-order valence-electron chi connectivity index (χ3n) is 4.11. The van der Waals surface area contributed by atoms with E-state index in [4.69, 9.17) is 0 Å². The van der Waals surface area contributed by atoms with Gasteiger partial charge in [0.05, 0.1) is 0 Å². The molecule has 1 atom stereocenters. The van der Waals surface area contributed by atoms with Crippen LogP contribution in [-0.2, 0) is 0 Å². The molecule has 0 aliphatic rings. The summed E-state index contributed by atoms with van der Waals surface area (Å²) in [7, 11) is 4.21. The standard InChI is InChI=1S/C19H26N2/c1-15-9-11-17(12-10-15)18(20-3)13-14-21(4)19-8-6-5-7-16(19)2/h5-12,18,20H,13-14H2,1-4H3. The summed E-state index contributed by atoms with van der Waals surface area (Å²) >= 11 is 0. The van der Waals surface area contributed by atoms with Gasteiger partial charge in [-0.05, 0) is 44.5 Å². The molecule has 1 unspecified atom stereocenters. The summed E-state index contributed by atoms with van der Waals surface area (Å²) in [6.07, 6.45) is 1.09. The maximum Gasteiger partial charge on any atom is 0.0393 e. The lowest BCUT2D eigenvalue weighted by Gasteiger charge is -2.25. The Morgan fingerprint density at radius 1 is 1.00 bits per heavy atom. The largest absolute Gasteiger partial charge is 0.374 e. The quantitative estimate of drug-likeness (QED) is 0.858. The molecule has 0 spiro atoms. The van der Waals surface area contributed by atoms with Crippen molar-refractivity contribution in [3.8, 4) is 0 Å². The summed E-state index contributed by atoms with van der Waals surface area (Å²) in [6.45, 7) is 5.33. The number of para-hydroxylation sites is 1. The van der Waals surface area contributed by atoms with Gasteiger partial charge in [0.2, 0.25) is 0 Å². The fourth-order valence-electron chi connectivity index (χ4n) is 2.71. The second-order valence-corrected chi connectivity index (χ2v) is 5.75. The summed E-state index contributed by atoms with van der Waals surface area (Å²) in [5, 5.41) is 3.43. The SMILES string of the molecule is CNC(CCN(C)c1ccccc1C)c1ccc(C)cc1. The highest BCUT2D eigenvalue weighted by Crippen LogP contribution is 2.21. The van der Waals surface area contributed by atoms with Gasteiger partial charge in [-0.3, -0.25) is 0 Å². The van der Waals surface area contributed by atoms with Crippen LogP contribution in [0.4, 0.5) is 5.69 Å². The predicted molar refractivity (Wildman–Crippen MR) is 92.0 cm³/mol. The third kappa shape index (κ3) is 4.08. The number of nitrogens with zero attached hydrogens (tertiary/aromatic N) is 1. The van der Waals surface area contributed by atoms with Crippen LogP contribution >= 0.6 is 0 Å². The van der Waals surface area contributed by atoms with Crippen molar-refractivity contribution in [3.05, 3.63) is 65.2 Å². The van der Waals surface area contributed by atoms with Gasteiger partial charge in [0, 0.05) is 25.3 Å². The Morgan fingerprint density at radius 2 is 1.67 bits per heavy atom. The monoisotopic (exact) mass is 282 g/mol. The first-order valence-corrected chi connectivity index (χ1v) is 7.62. The van der Waals surface area contributed by atoms with Crippen LogP contribution in [0.15, 0.2) is 48.5 Å². The highest BCUT2D eigenvalue weighted by atomic mass is 15.1. The summed E-state index contributed by atoms with van der Waals surface area (Å²) < 4.78 is 0. The molecule has 0 bridgehead atoms. The van der Waals surface area contributed by atoms with E-state index >= 15 is 0 Å². The van der Waals surface area contributed by atoms with Gasteiger partial charge >= 0.3 is 0 Å². The summed E-state index contributed by atoms with van der Waals surface area (Å²) in [6, 6.07) is 17.8. The molecule has 0 heterocycles. The fourth-order valence-corrected chi connectivity index (χ4v) is 2.71. The van der Waals surface area contributed by atoms with E-state index in [9.17, 15) is 0 Å². The lowest BCUT2D eigenvalue weighted by atomic mass is 10.0.